The SMILES string of the molecule is Cc1cc(OCc2ccc(C(=O)N3CCC(=O)[C@H]4CCCC[C@H]43)o2)c(C(C)C)cc1Cl. The first-order valence-electron chi connectivity index (χ1n) is 11.2. The van der Waals surface area contributed by atoms with E-state index in [0.717, 1.165) is 47.6 Å². The van der Waals surface area contributed by atoms with Crippen LogP contribution < -0.4 is 4.74 Å². The Morgan fingerprint density at radius 1 is 1.26 bits per heavy atom. The fraction of sp³-hybridized carbons (Fsp3) is 0.520. The van der Waals surface area contributed by atoms with Crippen molar-refractivity contribution < 1.29 is 18.7 Å². The molecule has 1 saturated carbocycles. The zero-order chi connectivity index (χ0) is 22.1. The van der Waals surface area contributed by atoms with E-state index >= 15 is 0 Å². The molecule has 0 unspecified atom stereocenters. The summed E-state index contributed by atoms with van der Waals surface area (Å²) in [5.74, 6) is 2.13. The maximum absolute atomic E-state index is 13.1. The van der Waals surface area contributed by atoms with Crippen LogP contribution in [0.4, 0.5) is 0 Å². The van der Waals surface area contributed by atoms with Gasteiger partial charge in [0.1, 0.15) is 23.9 Å². The normalized spacial score (nSPS) is 21.3. The smallest absolute Gasteiger partial charge is 0.289 e. The van der Waals surface area contributed by atoms with Crippen molar-refractivity contribution in [2.45, 2.75) is 71.4 Å². The van der Waals surface area contributed by atoms with Crippen molar-refractivity contribution in [1.82, 2.24) is 4.90 Å². The van der Waals surface area contributed by atoms with Gasteiger partial charge in [-0.2, -0.15) is 0 Å². The Balaban J connectivity index is 1.46. The number of carbonyl (C=O) groups is 2. The third kappa shape index (κ3) is 4.52. The Morgan fingerprint density at radius 2 is 2.03 bits per heavy atom. The predicted octanol–water partition coefficient (Wildman–Crippen LogP) is 5.92. The molecule has 2 fully saturated rings. The minimum Gasteiger partial charge on any atom is -0.485 e. The van der Waals surface area contributed by atoms with Crippen molar-refractivity contribution in [1.29, 1.82) is 0 Å². The number of furan rings is 1. The van der Waals surface area contributed by atoms with Gasteiger partial charge in [0, 0.05) is 29.9 Å². The maximum atomic E-state index is 13.1. The first kappa shape index (κ1) is 21.9. The lowest BCUT2D eigenvalue weighted by molar-refractivity contribution is -0.129. The molecule has 4 rings (SSSR count). The molecule has 0 spiro atoms. The van der Waals surface area contributed by atoms with Crippen molar-refractivity contribution in [2.75, 3.05) is 6.54 Å². The summed E-state index contributed by atoms with van der Waals surface area (Å²) >= 11 is 6.28. The van der Waals surface area contributed by atoms with Crippen molar-refractivity contribution >= 4 is 23.3 Å². The summed E-state index contributed by atoms with van der Waals surface area (Å²) in [7, 11) is 0. The van der Waals surface area contributed by atoms with Gasteiger partial charge < -0.3 is 14.1 Å². The first-order chi connectivity index (χ1) is 14.8. The average molecular weight is 444 g/mol. The Morgan fingerprint density at radius 3 is 2.81 bits per heavy atom. The van der Waals surface area contributed by atoms with Crippen LogP contribution in [0.1, 0.15) is 79.3 Å². The number of hydrogen-bond acceptors (Lipinski definition) is 4. The molecule has 2 heterocycles. The summed E-state index contributed by atoms with van der Waals surface area (Å²) < 4.78 is 11.9. The summed E-state index contributed by atoms with van der Waals surface area (Å²) in [6, 6.07) is 7.41. The number of amides is 1. The van der Waals surface area contributed by atoms with Crippen molar-refractivity contribution in [2.24, 2.45) is 5.92 Å². The van der Waals surface area contributed by atoms with Crippen LogP contribution in [-0.2, 0) is 11.4 Å². The number of ether oxygens (including phenoxy) is 1. The standard InChI is InChI=1S/C25H30ClNO4/c1-15(2)19-13-20(26)16(3)12-24(19)30-14-17-8-9-23(31-17)25(29)27-11-10-22(28)18-6-4-5-7-21(18)27/h8-9,12-13,15,18,21H,4-7,10-11,14H2,1-3H3/t18-,21+/m0/s1. The van der Waals surface area contributed by atoms with Crippen molar-refractivity contribution in [3.05, 3.63) is 51.9 Å². The molecule has 166 valence electrons. The summed E-state index contributed by atoms with van der Waals surface area (Å²) in [4.78, 5) is 27.3. The second kappa shape index (κ2) is 9.07. The summed E-state index contributed by atoms with van der Waals surface area (Å²) in [6.07, 6.45) is 4.36. The van der Waals surface area contributed by atoms with E-state index in [-0.39, 0.29) is 30.4 Å². The van der Waals surface area contributed by atoms with Gasteiger partial charge in [0.15, 0.2) is 5.76 Å². The maximum Gasteiger partial charge on any atom is 0.289 e. The van der Waals surface area contributed by atoms with Gasteiger partial charge in [-0.25, -0.2) is 0 Å². The lowest BCUT2D eigenvalue weighted by Gasteiger charge is -2.42. The second-order valence-corrected chi connectivity index (χ2v) is 9.43. The quantitative estimate of drug-likeness (QED) is 0.575. The molecule has 0 radical (unpaired) electrons. The molecule has 6 heteroatoms. The topological polar surface area (TPSA) is 59.8 Å². The molecule has 1 aromatic carbocycles. The highest BCUT2D eigenvalue weighted by atomic mass is 35.5. The molecule has 1 aliphatic carbocycles. The van der Waals surface area contributed by atoms with E-state index in [2.05, 4.69) is 13.8 Å². The van der Waals surface area contributed by atoms with E-state index in [4.69, 9.17) is 20.8 Å². The van der Waals surface area contributed by atoms with Crippen LogP contribution in [0.5, 0.6) is 5.75 Å². The summed E-state index contributed by atoms with van der Waals surface area (Å²) in [6.45, 7) is 6.86. The zero-order valence-corrected chi connectivity index (χ0v) is 19.2. The molecular weight excluding hydrogens is 414 g/mol. The highest BCUT2D eigenvalue weighted by Crippen LogP contribution is 2.35. The van der Waals surface area contributed by atoms with Gasteiger partial charge in [-0.3, -0.25) is 9.59 Å². The Hall–Kier alpha value is -2.27. The predicted molar refractivity (Wildman–Crippen MR) is 120 cm³/mol. The number of benzene rings is 1. The van der Waals surface area contributed by atoms with Crippen LogP contribution in [0.15, 0.2) is 28.7 Å². The first-order valence-corrected chi connectivity index (χ1v) is 11.6. The van der Waals surface area contributed by atoms with E-state index in [9.17, 15) is 9.59 Å². The number of nitrogens with zero attached hydrogens (tertiary/aromatic N) is 1. The molecule has 5 nitrogen and oxygen atoms in total. The number of halogens is 1. The third-order valence-electron chi connectivity index (χ3n) is 6.56. The van der Waals surface area contributed by atoms with Crippen LogP contribution in [-0.4, -0.2) is 29.2 Å². The number of carbonyl (C=O) groups excluding carboxylic acids is 2. The van der Waals surface area contributed by atoms with Gasteiger partial charge in [0.05, 0.1) is 0 Å². The lowest BCUT2D eigenvalue weighted by atomic mass is 9.77. The minimum atomic E-state index is -0.124. The van der Waals surface area contributed by atoms with Crippen LogP contribution in [0.3, 0.4) is 0 Å². The average Bonchev–Trinajstić information content (AvgIpc) is 3.23. The third-order valence-corrected chi connectivity index (χ3v) is 6.97. The Kier molecular flexibility index (Phi) is 6.42. The summed E-state index contributed by atoms with van der Waals surface area (Å²) in [5.41, 5.74) is 2.00. The van der Waals surface area contributed by atoms with E-state index in [1.165, 1.54) is 0 Å². The second-order valence-electron chi connectivity index (χ2n) is 9.02. The van der Waals surface area contributed by atoms with Gasteiger partial charge in [0.25, 0.3) is 5.91 Å². The van der Waals surface area contributed by atoms with Gasteiger partial charge in [0.2, 0.25) is 0 Å². The van der Waals surface area contributed by atoms with E-state index in [1.54, 1.807) is 12.1 Å². The van der Waals surface area contributed by atoms with Gasteiger partial charge >= 0.3 is 0 Å². The van der Waals surface area contributed by atoms with Gasteiger partial charge in [-0.1, -0.05) is 38.3 Å². The van der Waals surface area contributed by atoms with Crippen LogP contribution in [0.25, 0.3) is 0 Å². The molecule has 2 aliphatic rings. The van der Waals surface area contributed by atoms with Crippen LogP contribution in [0.2, 0.25) is 5.02 Å². The number of aryl methyl sites for hydroxylation is 1. The molecule has 0 bridgehead atoms. The van der Waals surface area contributed by atoms with E-state index in [1.807, 2.05) is 24.0 Å². The number of rotatable bonds is 5. The lowest BCUT2D eigenvalue weighted by Crippen LogP contribution is -2.53. The molecule has 1 saturated heterocycles. The van der Waals surface area contributed by atoms with Crippen molar-refractivity contribution in [3.8, 4) is 5.75 Å². The summed E-state index contributed by atoms with van der Waals surface area (Å²) in [5, 5.41) is 0.725. The van der Waals surface area contributed by atoms with E-state index in [0.29, 0.717) is 30.3 Å². The molecule has 1 aliphatic heterocycles. The Labute approximate surface area is 188 Å². The van der Waals surface area contributed by atoms with Crippen LogP contribution in [0, 0.1) is 12.8 Å². The highest BCUT2D eigenvalue weighted by molar-refractivity contribution is 6.31. The number of hydrogen-bond donors (Lipinski definition) is 0. The molecule has 1 amide bonds. The number of fused-ring (bicyclic) bond motifs is 1. The van der Waals surface area contributed by atoms with Crippen molar-refractivity contribution in [3.63, 3.8) is 0 Å². The van der Waals surface area contributed by atoms with Gasteiger partial charge in [-0.05, 0) is 61.1 Å². The van der Waals surface area contributed by atoms with Crippen LogP contribution >= 0.6 is 11.6 Å². The monoisotopic (exact) mass is 443 g/mol. The minimum absolute atomic E-state index is 0.00758. The molecule has 2 aromatic rings. The fourth-order valence-electron chi connectivity index (χ4n) is 4.80. The fourth-order valence-corrected chi connectivity index (χ4v) is 4.97. The van der Waals surface area contributed by atoms with Gasteiger partial charge in [-0.15, -0.1) is 0 Å². The molecule has 31 heavy (non-hydrogen) atoms. The highest BCUT2D eigenvalue weighted by Gasteiger charge is 2.41. The zero-order valence-electron chi connectivity index (χ0n) is 18.4. The molecule has 0 N–H and O–H groups in total. The number of Topliss-reactive ketones (excluding diaryl/α,β-unsaturated/α-hetero) is 1. The number of ketones is 1. The number of piperidine rings is 1. The molecular formula is C25H30ClNO4. The largest absolute Gasteiger partial charge is 0.485 e. The van der Waals surface area contributed by atoms with E-state index < -0.39 is 0 Å². The molecule has 2 atom stereocenters. The Bertz CT molecular complexity index is 980. The molecule has 1 aromatic heterocycles. The number of likely N-dealkylation sites (tertiary alicyclic amines) is 1.